The molecule has 0 aromatic heterocycles. The van der Waals surface area contributed by atoms with Gasteiger partial charge in [0.05, 0.1) is 18.9 Å². The van der Waals surface area contributed by atoms with Crippen molar-refractivity contribution in [3.05, 3.63) is 24.3 Å². The fourth-order valence-corrected chi connectivity index (χ4v) is 3.60. The highest BCUT2D eigenvalue weighted by Gasteiger charge is 2.34. The summed E-state index contributed by atoms with van der Waals surface area (Å²) in [6, 6.07) is 8.12. The van der Waals surface area contributed by atoms with Crippen LogP contribution in [0.2, 0.25) is 0 Å². The van der Waals surface area contributed by atoms with E-state index in [1.165, 1.54) is 11.8 Å². The number of hydrogen-bond acceptors (Lipinski definition) is 5. The lowest BCUT2D eigenvalue weighted by Crippen LogP contribution is -2.55. The average Bonchev–Trinajstić information content (AvgIpc) is 2.55. The molecule has 0 unspecified atom stereocenters. The van der Waals surface area contributed by atoms with Crippen molar-refractivity contribution in [2.45, 2.75) is 43.7 Å². The molecule has 0 radical (unpaired) electrons. The zero-order valence-electron chi connectivity index (χ0n) is 14.7. The summed E-state index contributed by atoms with van der Waals surface area (Å²) < 4.78 is 5.39. The summed E-state index contributed by atoms with van der Waals surface area (Å²) in [7, 11) is 0. The number of amides is 1. The van der Waals surface area contributed by atoms with Crippen LogP contribution < -0.4 is 10.1 Å². The highest BCUT2D eigenvalue weighted by Crippen LogP contribution is 2.26. The number of benzene rings is 1. The smallest absolute Gasteiger partial charge is 0.317 e. The van der Waals surface area contributed by atoms with Gasteiger partial charge in [0.1, 0.15) is 5.75 Å². The number of carboxylic acid groups (broad SMARTS) is 1. The number of nitrogens with one attached hydrogen (secondary N) is 1. The van der Waals surface area contributed by atoms with Gasteiger partial charge in [-0.3, -0.25) is 14.5 Å². The van der Waals surface area contributed by atoms with Crippen molar-refractivity contribution < 1.29 is 19.4 Å². The normalized spacial score (nSPS) is 19.3. The van der Waals surface area contributed by atoms with Crippen molar-refractivity contribution in [3.8, 4) is 5.75 Å². The van der Waals surface area contributed by atoms with Gasteiger partial charge in [0.15, 0.2) is 0 Å². The lowest BCUT2D eigenvalue weighted by atomic mass is 9.85. The van der Waals surface area contributed by atoms with Crippen molar-refractivity contribution in [2.24, 2.45) is 0 Å². The number of hydrogen-bond donors (Lipinski definition) is 2. The lowest BCUT2D eigenvalue weighted by molar-refractivity contribution is -0.139. The third-order valence-electron chi connectivity index (χ3n) is 4.24. The highest BCUT2D eigenvalue weighted by molar-refractivity contribution is 8.00. The Balaban J connectivity index is 1.67. The Morgan fingerprint density at radius 1 is 1.28 bits per heavy atom. The Bertz CT molecular complexity index is 573. The molecule has 1 fully saturated rings. The number of rotatable bonds is 10. The van der Waals surface area contributed by atoms with Crippen molar-refractivity contribution in [3.63, 3.8) is 0 Å². The monoisotopic (exact) mass is 366 g/mol. The molecule has 2 N–H and O–H groups in total. The number of carbonyl (C=O) groups excluding carboxylic acids is 1. The van der Waals surface area contributed by atoms with Crippen LogP contribution in [-0.4, -0.2) is 59.4 Å². The van der Waals surface area contributed by atoms with E-state index in [4.69, 9.17) is 9.84 Å². The molecule has 1 aromatic rings. The summed E-state index contributed by atoms with van der Waals surface area (Å²) >= 11 is 1.50. The van der Waals surface area contributed by atoms with Gasteiger partial charge in [0.25, 0.3) is 0 Å². The molecule has 1 amide bonds. The molecule has 1 aliphatic carbocycles. The van der Waals surface area contributed by atoms with Crippen LogP contribution in [-0.2, 0) is 9.59 Å². The van der Waals surface area contributed by atoms with E-state index in [1.807, 2.05) is 43.0 Å². The van der Waals surface area contributed by atoms with Gasteiger partial charge >= 0.3 is 5.97 Å². The number of likely N-dealkylation sites (N-methyl/N-ethyl adjacent to an activating group) is 1. The fourth-order valence-electron chi connectivity index (χ4n) is 2.89. The second kappa shape index (κ2) is 9.68. The van der Waals surface area contributed by atoms with Crippen LogP contribution in [0.25, 0.3) is 0 Å². The first kappa shape index (κ1) is 19.6. The average molecular weight is 366 g/mol. The Kier molecular flexibility index (Phi) is 7.58. The molecule has 0 heterocycles. The fraction of sp³-hybridized carbons (Fsp3) is 0.556. The van der Waals surface area contributed by atoms with Crippen LogP contribution in [0.15, 0.2) is 29.2 Å². The first-order valence-corrected chi connectivity index (χ1v) is 9.61. The summed E-state index contributed by atoms with van der Waals surface area (Å²) in [5.41, 5.74) is 0. The van der Waals surface area contributed by atoms with Gasteiger partial charge < -0.3 is 15.2 Å². The molecule has 0 bridgehead atoms. The molecule has 0 saturated heterocycles. The Hall–Kier alpha value is -1.73. The number of carboxylic acids is 1. The maximum atomic E-state index is 12.0. The summed E-state index contributed by atoms with van der Waals surface area (Å²) in [6.07, 6.45) is 1.64. The zero-order chi connectivity index (χ0) is 18.2. The van der Waals surface area contributed by atoms with Crippen LogP contribution in [0.1, 0.15) is 26.7 Å². The second-order valence-electron chi connectivity index (χ2n) is 6.04. The lowest BCUT2D eigenvalue weighted by Gasteiger charge is -2.42. The Morgan fingerprint density at radius 2 is 1.96 bits per heavy atom. The predicted octanol–water partition coefficient (Wildman–Crippen LogP) is 2.23. The van der Waals surface area contributed by atoms with E-state index >= 15 is 0 Å². The van der Waals surface area contributed by atoms with E-state index in [-0.39, 0.29) is 24.5 Å². The number of aliphatic carboxylic acids is 1. The number of nitrogens with zero attached hydrogens (tertiary/aromatic N) is 1. The maximum absolute atomic E-state index is 12.0. The van der Waals surface area contributed by atoms with Crippen LogP contribution in [0.4, 0.5) is 0 Å². The van der Waals surface area contributed by atoms with Crippen LogP contribution in [0.3, 0.4) is 0 Å². The first-order chi connectivity index (χ1) is 12.0. The van der Waals surface area contributed by atoms with Gasteiger partial charge in [0, 0.05) is 17.0 Å². The van der Waals surface area contributed by atoms with Gasteiger partial charge in [-0.2, -0.15) is 0 Å². The number of carbonyl (C=O) groups is 2. The molecule has 1 aromatic carbocycles. The van der Waals surface area contributed by atoms with Crippen LogP contribution >= 0.6 is 11.8 Å². The zero-order valence-corrected chi connectivity index (χ0v) is 15.6. The van der Waals surface area contributed by atoms with E-state index in [1.54, 1.807) is 0 Å². The molecule has 2 rings (SSSR count). The summed E-state index contributed by atoms with van der Waals surface area (Å²) in [5, 5.41) is 11.9. The van der Waals surface area contributed by atoms with Crippen molar-refractivity contribution in [2.75, 3.05) is 25.4 Å². The third-order valence-corrected chi connectivity index (χ3v) is 5.26. The summed E-state index contributed by atoms with van der Waals surface area (Å²) in [6.45, 7) is 5.32. The molecule has 0 spiro atoms. The van der Waals surface area contributed by atoms with Crippen molar-refractivity contribution in [1.82, 2.24) is 10.2 Å². The largest absolute Gasteiger partial charge is 0.494 e. The molecule has 25 heavy (non-hydrogen) atoms. The summed E-state index contributed by atoms with van der Waals surface area (Å²) in [5.74, 6) is 0.422. The highest BCUT2D eigenvalue weighted by atomic mass is 32.2. The van der Waals surface area contributed by atoms with E-state index in [2.05, 4.69) is 5.32 Å². The number of ether oxygens (including phenoxy) is 1. The minimum Gasteiger partial charge on any atom is -0.494 e. The molecule has 1 aliphatic rings. The number of thioether (sulfide) groups is 1. The minimum absolute atomic E-state index is 0.0172. The molecule has 7 heteroatoms. The van der Waals surface area contributed by atoms with E-state index in [0.717, 1.165) is 23.5 Å². The van der Waals surface area contributed by atoms with Gasteiger partial charge in [-0.05, 0) is 50.6 Å². The maximum Gasteiger partial charge on any atom is 0.317 e. The second-order valence-corrected chi connectivity index (χ2v) is 7.09. The molecule has 0 atom stereocenters. The first-order valence-electron chi connectivity index (χ1n) is 8.62. The quantitative estimate of drug-likeness (QED) is 0.618. The van der Waals surface area contributed by atoms with E-state index < -0.39 is 5.97 Å². The van der Waals surface area contributed by atoms with Gasteiger partial charge in [-0.1, -0.05) is 6.92 Å². The molecule has 138 valence electrons. The Morgan fingerprint density at radius 3 is 2.52 bits per heavy atom. The van der Waals surface area contributed by atoms with Crippen LogP contribution in [0.5, 0.6) is 5.75 Å². The van der Waals surface area contributed by atoms with Gasteiger partial charge in [0.2, 0.25) is 5.91 Å². The summed E-state index contributed by atoms with van der Waals surface area (Å²) in [4.78, 5) is 25.9. The standard InChI is InChI=1S/C18H26N2O4S/c1-3-20(11-18(22)23)14-9-13(10-14)19-17(21)12-25-16-7-5-15(6-8-16)24-4-2/h5-8,13-14H,3-4,9-12H2,1-2H3,(H,19,21)(H,22,23). The topological polar surface area (TPSA) is 78.9 Å². The van der Waals surface area contributed by atoms with Gasteiger partial charge in [-0.15, -0.1) is 11.8 Å². The molecule has 6 nitrogen and oxygen atoms in total. The Labute approximate surface area is 152 Å². The van der Waals surface area contributed by atoms with Crippen molar-refractivity contribution in [1.29, 1.82) is 0 Å². The van der Waals surface area contributed by atoms with Gasteiger partial charge in [-0.25, -0.2) is 0 Å². The molecular weight excluding hydrogens is 340 g/mol. The minimum atomic E-state index is -0.805. The molecule has 0 aliphatic heterocycles. The van der Waals surface area contributed by atoms with E-state index in [0.29, 0.717) is 18.9 Å². The third kappa shape index (κ3) is 6.25. The SMILES string of the molecule is CCOc1ccc(SCC(=O)NC2CC(N(CC)CC(=O)O)C2)cc1. The molecular formula is C18H26N2O4S. The van der Waals surface area contributed by atoms with E-state index in [9.17, 15) is 9.59 Å². The van der Waals surface area contributed by atoms with Crippen molar-refractivity contribution >= 4 is 23.6 Å². The van der Waals surface area contributed by atoms with Crippen LogP contribution in [0, 0.1) is 0 Å². The predicted molar refractivity (Wildman–Crippen MR) is 98.2 cm³/mol. The molecule has 1 saturated carbocycles.